The molecular weight excluding hydrogens is 527 g/mol. The third-order valence-electron chi connectivity index (χ3n) is 7.36. The minimum absolute atomic E-state index is 0.155. The van der Waals surface area contributed by atoms with Crippen LogP contribution in [0.25, 0.3) is 0 Å². The molecule has 0 bridgehead atoms. The average molecular weight is 570 g/mol. The number of hydrogen-bond acceptors (Lipinski definition) is 4. The summed E-state index contributed by atoms with van der Waals surface area (Å²) in [5.74, 6) is 1.48. The molecule has 41 heavy (non-hydrogen) atoms. The van der Waals surface area contributed by atoms with Crippen molar-refractivity contribution >= 4 is 29.1 Å². The predicted molar refractivity (Wildman–Crippen MR) is 172 cm³/mol. The molecule has 0 spiro atoms. The van der Waals surface area contributed by atoms with Gasteiger partial charge in [0.25, 0.3) is 0 Å². The normalized spacial score (nSPS) is 11.6. The van der Waals surface area contributed by atoms with Crippen LogP contribution in [0.1, 0.15) is 40.0 Å². The Morgan fingerprint density at radius 3 is 1.46 bits per heavy atom. The van der Waals surface area contributed by atoms with Crippen molar-refractivity contribution in [3.05, 3.63) is 115 Å². The van der Waals surface area contributed by atoms with E-state index >= 15 is 0 Å². The van der Waals surface area contributed by atoms with E-state index < -0.39 is 12.7 Å². The molecule has 0 aliphatic carbocycles. The number of hydrogen-bond donors (Lipinski definition) is 0. The van der Waals surface area contributed by atoms with Crippen LogP contribution in [0.15, 0.2) is 115 Å². The second-order valence-electron chi connectivity index (χ2n) is 10.8. The number of carbonyl (C=O) groups is 1. The molecule has 5 heteroatoms. The van der Waals surface area contributed by atoms with Crippen molar-refractivity contribution in [2.75, 3.05) is 26.0 Å². The van der Waals surface area contributed by atoms with Crippen LogP contribution < -0.4 is 25.4 Å². The highest BCUT2D eigenvalue weighted by Gasteiger charge is 2.44. The Bertz CT molecular complexity index is 1230. The monoisotopic (exact) mass is 569 g/mol. The van der Waals surface area contributed by atoms with Gasteiger partial charge in [-0.15, -0.1) is 0 Å². The van der Waals surface area contributed by atoms with Crippen molar-refractivity contribution in [2.45, 2.75) is 40.0 Å². The molecule has 0 N–H and O–H groups in total. The van der Waals surface area contributed by atoms with Crippen molar-refractivity contribution in [3.8, 4) is 11.5 Å². The lowest BCUT2D eigenvalue weighted by Crippen LogP contribution is -2.33. The predicted octanol–water partition coefficient (Wildman–Crippen LogP) is 7.20. The van der Waals surface area contributed by atoms with E-state index in [1.807, 2.05) is 45.0 Å². The van der Waals surface area contributed by atoms with Crippen LogP contribution in [0, 0.1) is 5.41 Å². The molecule has 0 unspecified atom stereocenters. The average Bonchev–Trinajstić information content (AvgIpc) is 3.01. The van der Waals surface area contributed by atoms with Crippen molar-refractivity contribution in [1.29, 1.82) is 0 Å². The van der Waals surface area contributed by atoms with Crippen LogP contribution in [0.2, 0.25) is 0 Å². The van der Waals surface area contributed by atoms with E-state index in [0.29, 0.717) is 26.2 Å². The Labute approximate surface area is 246 Å². The minimum atomic E-state index is -1.85. The first-order chi connectivity index (χ1) is 20.0. The molecule has 0 saturated heterocycles. The molecule has 4 aromatic rings. The summed E-state index contributed by atoms with van der Waals surface area (Å²) >= 11 is 0. The Morgan fingerprint density at radius 1 is 0.634 bits per heavy atom. The van der Waals surface area contributed by atoms with Gasteiger partial charge in [-0.3, -0.25) is 4.79 Å². The largest absolute Gasteiger partial charge is 0.494 e. The first kappa shape index (κ1) is 30.3. The molecule has 0 aromatic heterocycles. The molecule has 0 amide bonds. The first-order valence-corrected chi connectivity index (χ1v) is 16.5. The Hall–Kier alpha value is -3.62. The molecular formula is C36H42O4P+. The summed E-state index contributed by atoms with van der Waals surface area (Å²) in [6.07, 6.45) is 3.45. The molecule has 0 aliphatic rings. The summed E-state index contributed by atoms with van der Waals surface area (Å²) < 4.78 is 17.3. The van der Waals surface area contributed by atoms with Crippen LogP contribution in [0.3, 0.4) is 0 Å². The van der Waals surface area contributed by atoms with Gasteiger partial charge < -0.3 is 14.2 Å². The maximum Gasteiger partial charge on any atom is 0.311 e. The summed E-state index contributed by atoms with van der Waals surface area (Å²) in [6, 6.07) is 40.7. The zero-order valence-corrected chi connectivity index (χ0v) is 25.4. The molecule has 4 nitrogen and oxygen atoms in total. The number of benzene rings is 4. The van der Waals surface area contributed by atoms with Crippen molar-refractivity contribution in [2.24, 2.45) is 5.41 Å². The molecule has 0 radical (unpaired) electrons. The van der Waals surface area contributed by atoms with E-state index in [2.05, 4.69) is 91.0 Å². The summed E-state index contributed by atoms with van der Waals surface area (Å²) in [5.41, 5.74) is -0.502. The molecule has 214 valence electrons. The standard InChI is InChI=1S/C36H42O4P/c1-4-38-35(37)36(2,3)26-14-27-39-30-22-24-31(25-23-30)40-28-15-29-41(32-16-8-5-9-17-32,33-18-10-6-11-19-33)34-20-12-7-13-21-34/h5-13,16-25H,4,14-15,26-29H2,1-3H3/q+1. The van der Waals surface area contributed by atoms with Crippen LogP contribution in [-0.4, -0.2) is 32.0 Å². The quantitative estimate of drug-likeness (QED) is 0.0863. The molecule has 0 atom stereocenters. The lowest BCUT2D eigenvalue weighted by Gasteiger charge is -2.27. The number of carbonyl (C=O) groups excluding carboxylic acids is 1. The highest BCUT2D eigenvalue weighted by Crippen LogP contribution is 2.55. The highest BCUT2D eigenvalue weighted by atomic mass is 31.2. The van der Waals surface area contributed by atoms with E-state index in [-0.39, 0.29) is 5.97 Å². The van der Waals surface area contributed by atoms with Gasteiger partial charge in [0.15, 0.2) is 0 Å². The second-order valence-corrected chi connectivity index (χ2v) is 14.4. The number of esters is 1. The van der Waals surface area contributed by atoms with Gasteiger partial charge >= 0.3 is 5.97 Å². The Kier molecular flexibility index (Phi) is 11.0. The zero-order chi connectivity index (χ0) is 29.0. The lowest BCUT2D eigenvalue weighted by atomic mass is 9.88. The molecule has 0 saturated carbocycles. The third kappa shape index (κ3) is 7.99. The van der Waals surface area contributed by atoms with Crippen molar-refractivity contribution in [3.63, 3.8) is 0 Å². The minimum Gasteiger partial charge on any atom is -0.494 e. The maximum atomic E-state index is 12.1. The molecule has 0 fully saturated rings. The fraction of sp³-hybridized carbons (Fsp3) is 0.306. The van der Waals surface area contributed by atoms with Crippen LogP contribution >= 0.6 is 7.26 Å². The topological polar surface area (TPSA) is 44.8 Å². The fourth-order valence-corrected chi connectivity index (χ4v) is 9.45. The maximum absolute atomic E-state index is 12.1. The Morgan fingerprint density at radius 2 is 1.05 bits per heavy atom. The van der Waals surface area contributed by atoms with Crippen molar-refractivity contribution < 1.29 is 19.0 Å². The first-order valence-electron chi connectivity index (χ1n) is 14.5. The van der Waals surface area contributed by atoms with Gasteiger partial charge in [0, 0.05) is 6.42 Å². The number of rotatable bonds is 15. The van der Waals surface area contributed by atoms with Gasteiger partial charge in [-0.2, -0.15) is 0 Å². The fourth-order valence-electron chi connectivity index (χ4n) is 5.14. The third-order valence-corrected chi connectivity index (χ3v) is 11.9. The SMILES string of the molecule is CCOC(=O)C(C)(C)CCCOc1ccc(OCCC[P+](c2ccccc2)(c2ccccc2)c2ccccc2)cc1. The van der Waals surface area contributed by atoms with Gasteiger partial charge in [0.05, 0.1) is 31.4 Å². The lowest BCUT2D eigenvalue weighted by molar-refractivity contribution is -0.153. The van der Waals surface area contributed by atoms with E-state index in [4.69, 9.17) is 14.2 Å². The highest BCUT2D eigenvalue weighted by molar-refractivity contribution is 7.95. The van der Waals surface area contributed by atoms with Crippen molar-refractivity contribution in [1.82, 2.24) is 0 Å². The second kappa shape index (κ2) is 14.8. The van der Waals surface area contributed by atoms with Gasteiger partial charge in [-0.1, -0.05) is 54.6 Å². The Balaban J connectivity index is 1.36. The summed E-state index contributed by atoms with van der Waals surface area (Å²) in [4.78, 5) is 12.1. The molecule has 4 aromatic carbocycles. The summed E-state index contributed by atoms with van der Waals surface area (Å²) in [5, 5.41) is 4.18. The van der Waals surface area contributed by atoms with E-state index in [9.17, 15) is 4.79 Å². The smallest absolute Gasteiger partial charge is 0.311 e. The molecule has 0 heterocycles. The van der Waals surface area contributed by atoms with Gasteiger partial charge in [-0.25, -0.2) is 0 Å². The summed E-state index contributed by atoms with van der Waals surface area (Å²) in [7, 11) is -1.85. The molecule has 0 aliphatic heterocycles. The van der Waals surface area contributed by atoms with E-state index in [0.717, 1.165) is 30.5 Å². The van der Waals surface area contributed by atoms with E-state index in [1.165, 1.54) is 15.9 Å². The van der Waals surface area contributed by atoms with Gasteiger partial charge in [0.2, 0.25) is 0 Å². The van der Waals surface area contributed by atoms with Crippen LogP contribution in [0.5, 0.6) is 11.5 Å². The number of ether oxygens (including phenoxy) is 3. The summed E-state index contributed by atoms with van der Waals surface area (Å²) in [6.45, 7) is 7.26. The van der Waals surface area contributed by atoms with Crippen LogP contribution in [0.4, 0.5) is 0 Å². The van der Waals surface area contributed by atoms with Gasteiger partial charge in [-0.05, 0) is 94.3 Å². The van der Waals surface area contributed by atoms with Crippen LogP contribution in [-0.2, 0) is 9.53 Å². The van der Waals surface area contributed by atoms with E-state index in [1.54, 1.807) is 0 Å². The van der Waals surface area contributed by atoms with Gasteiger partial charge in [0.1, 0.15) is 34.7 Å². The molecule has 4 rings (SSSR count). The zero-order valence-electron chi connectivity index (χ0n) is 24.5.